The zero-order chi connectivity index (χ0) is 20.0. The molecule has 7 heteroatoms. The van der Waals surface area contributed by atoms with E-state index < -0.39 is 0 Å². The third-order valence-corrected chi connectivity index (χ3v) is 7.13. The lowest BCUT2D eigenvalue weighted by Gasteiger charge is -2.55. The van der Waals surface area contributed by atoms with Crippen molar-refractivity contribution in [3.8, 4) is 0 Å². The Morgan fingerprint density at radius 3 is 2.41 bits per heavy atom. The number of benzene rings is 1. The number of anilines is 2. The highest BCUT2D eigenvalue weighted by atomic mass is 16.6. The summed E-state index contributed by atoms with van der Waals surface area (Å²) in [5, 5.41) is 5.72. The van der Waals surface area contributed by atoms with Crippen LogP contribution in [0.1, 0.15) is 38.5 Å². The normalized spacial score (nSPS) is 32.2. The van der Waals surface area contributed by atoms with Crippen LogP contribution in [0.15, 0.2) is 24.3 Å². The molecule has 1 aromatic rings. The van der Waals surface area contributed by atoms with Crippen molar-refractivity contribution in [1.29, 1.82) is 0 Å². The number of hydrogen-bond donors (Lipinski definition) is 2. The van der Waals surface area contributed by atoms with Gasteiger partial charge in [-0.15, -0.1) is 0 Å². The lowest BCUT2D eigenvalue weighted by molar-refractivity contribution is -0.146. The SMILES string of the molecule is O=C(CNC(=O)C12CC3CC(CC(C3)C1)C2)Nc1cccc(N2CCOC2=O)c1. The first-order valence-electron chi connectivity index (χ1n) is 10.6. The number of rotatable bonds is 5. The predicted molar refractivity (Wildman–Crippen MR) is 107 cm³/mol. The summed E-state index contributed by atoms with van der Waals surface area (Å²) in [6.45, 7) is 0.833. The molecule has 0 aromatic heterocycles. The van der Waals surface area contributed by atoms with Crippen LogP contribution >= 0.6 is 0 Å². The maximum Gasteiger partial charge on any atom is 0.414 e. The number of carbonyl (C=O) groups excluding carboxylic acids is 3. The van der Waals surface area contributed by atoms with E-state index in [1.807, 2.05) is 0 Å². The van der Waals surface area contributed by atoms with Crippen LogP contribution in [0.25, 0.3) is 0 Å². The number of nitrogens with one attached hydrogen (secondary N) is 2. The molecule has 29 heavy (non-hydrogen) atoms. The zero-order valence-electron chi connectivity index (χ0n) is 16.5. The molecule has 1 aromatic carbocycles. The summed E-state index contributed by atoms with van der Waals surface area (Å²) in [5.41, 5.74) is 1.03. The van der Waals surface area contributed by atoms with E-state index in [0.717, 1.165) is 19.3 Å². The molecule has 0 radical (unpaired) electrons. The maximum absolute atomic E-state index is 13.0. The molecule has 154 valence electrons. The second kappa shape index (κ2) is 7.04. The lowest BCUT2D eigenvalue weighted by Crippen LogP contribution is -2.54. The lowest BCUT2D eigenvalue weighted by atomic mass is 9.49. The van der Waals surface area contributed by atoms with Gasteiger partial charge in [0, 0.05) is 16.8 Å². The zero-order valence-corrected chi connectivity index (χ0v) is 16.5. The number of hydrogen-bond acceptors (Lipinski definition) is 4. The van der Waals surface area contributed by atoms with Crippen molar-refractivity contribution in [2.45, 2.75) is 38.5 Å². The Balaban J connectivity index is 1.18. The van der Waals surface area contributed by atoms with Crippen LogP contribution in [0.3, 0.4) is 0 Å². The summed E-state index contributed by atoms with van der Waals surface area (Å²) in [6, 6.07) is 7.09. The molecule has 1 heterocycles. The van der Waals surface area contributed by atoms with Gasteiger partial charge in [0.1, 0.15) is 6.61 Å². The van der Waals surface area contributed by atoms with Crippen molar-refractivity contribution in [3.05, 3.63) is 24.3 Å². The van der Waals surface area contributed by atoms with E-state index >= 15 is 0 Å². The van der Waals surface area contributed by atoms with Gasteiger partial charge in [-0.3, -0.25) is 14.5 Å². The standard InChI is InChI=1S/C22H27N3O4/c26-19(24-17-2-1-3-18(9-17)25-4-5-29-21(25)28)13-23-20(27)22-10-14-6-15(11-22)8-16(7-14)12-22/h1-3,9,14-16H,4-8,10-13H2,(H,23,27)(H,24,26). The summed E-state index contributed by atoms with van der Waals surface area (Å²) in [6.07, 6.45) is 6.44. The van der Waals surface area contributed by atoms with E-state index in [-0.39, 0.29) is 29.9 Å². The Kier molecular flexibility index (Phi) is 4.48. The van der Waals surface area contributed by atoms with Crippen molar-refractivity contribution < 1.29 is 19.1 Å². The molecule has 0 atom stereocenters. The van der Waals surface area contributed by atoms with Gasteiger partial charge in [0.2, 0.25) is 11.8 Å². The first-order valence-corrected chi connectivity index (χ1v) is 10.6. The Hall–Kier alpha value is -2.57. The monoisotopic (exact) mass is 397 g/mol. The number of cyclic esters (lactones) is 1. The molecule has 3 amide bonds. The second-order valence-electron chi connectivity index (χ2n) is 9.25. The van der Waals surface area contributed by atoms with Crippen LogP contribution in [0.2, 0.25) is 0 Å². The van der Waals surface area contributed by atoms with E-state index in [1.165, 1.54) is 24.2 Å². The van der Waals surface area contributed by atoms with Gasteiger partial charge in [-0.1, -0.05) is 6.07 Å². The third kappa shape index (κ3) is 3.47. The molecular weight excluding hydrogens is 370 g/mol. The summed E-state index contributed by atoms with van der Waals surface area (Å²) in [7, 11) is 0. The van der Waals surface area contributed by atoms with Crippen molar-refractivity contribution in [3.63, 3.8) is 0 Å². The Morgan fingerprint density at radius 1 is 1.10 bits per heavy atom. The molecule has 0 unspecified atom stereocenters. The van der Waals surface area contributed by atoms with Crippen molar-refractivity contribution >= 4 is 29.3 Å². The van der Waals surface area contributed by atoms with Gasteiger partial charge in [-0.05, 0) is 74.5 Å². The highest BCUT2D eigenvalue weighted by molar-refractivity contribution is 5.96. The van der Waals surface area contributed by atoms with Gasteiger partial charge in [0.05, 0.1) is 13.1 Å². The number of nitrogens with zero attached hydrogens (tertiary/aromatic N) is 1. The van der Waals surface area contributed by atoms with Gasteiger partial charge in [-0.25, -0.2) is 4.79 Å². The van der Waals surface area contributed by atoms with Crippen molar-refractivity contribution in [2.24, 2.45) is 23.2 Å². The second-order valence-corrected chi connectivity index (χ2v) is 9.25. The number of carbonyl (C=O) groups is 3. The summed E-state index contributed by atoms with van der Waals surface area (Å²) < 4.78 is 4.96. The Morgan fingerprint density at radius 2 is 1.79 bits per heavy atom. The fraction of sp³-hybridized carbons (Fsp3) is 0.591. The maximum atomic E-state index is 13.0. The van der Waals surface area contributed by atoms with Crippen LogP contribution in [0.5, 0.6) is 0 Å². The smallest absolute Gasteiger partial charge is 0.414 e. The van der Waals surface area contributed by atoms with Gasteiger partial charge >= 0.3 is 6.09 Å². The number of amides is 3. The van der Waals surface area contributed by atoms with Crippen LogP contribution in [-0.4, -0.2) is 37.6 Å². The fourth-order valence-corrected chi connectivity index (χ4v) is 6.32. The molecule has 4 saturated carbocycles. The minimum atomic E-state index is -0.378. The molecule has 2 N–H and O–H groups in total. The van der Waals surface area contributed by atoms with E-state index in [1.54, 1.807) is 24.3 Å². The summed E-state index contributed by atoms with van der Waals surface area (Å²) in [4.78, 5) is 38.6. The average molecular weight is 397 g/mol. The minimum absolute atomic E-state index is 0.0312. The molecule has 7 nitrogen and oxygen atoms in total. The molecule has 1 aliphatic heterocycles. The first kappa shape index (κ1) is 18.5. The van der Waals surface area contributed by atoms with Crippen molar-refractivity contribution in [2.75, 3.05) is 29.9 Å². The summed E-state index contributed by atoms with van der Waals surface area (Å²) >= 11 is 0. The van der Waals surface area contributed by atoms with Gasteiger partial charge in [0.15, 0.2) is 0 Å². The van der Waals surface area contributed by atoms with E-state index in [4.69, 9.17) is 4.74 Å². The third-order valence-electron chi connectivity index (χ3n) is 7.13. The molecule has 5 aliphatic rings. The topological polar surface area (TPSA) is 87.7 Å². The minimum Gasteiger partial charge on any atom is -0.447 e. The molecule has 6 rings (SSSR count). The highest BCUT2D eigenvalue weighted by Crippen LogP contribution is 2.60. The van der Waals surface area contributed by atoms with Crippen LogP contribution in [0.4, 0.5) is 16.2 Å². The van der Waals surface area contributed by atoms with Gasteiger partial charge in [-0.2, -0.15) is 0 Å². The largest absolute Gasteiger partial charge is 0.447 e. The highest BCUT2D eigenvalue weighted by Gasteiger charge is 2.54. The molecule has 4 bridgehead atoms. The van der Waals surface area contributed by atoms with E-state index in [0.29, 0.717) is 42.3 Å². The molecule has 1 saturated heterocycles. The molecule has 0 spiro atoms. The predicted octanol–water partition coefficient (Wildman–Crippen LogP) is 2.91. The molecule has 4 aliphatic carbocycles. The molecule has 5 fully saturated rings. The average Bonchev–Trinajstić information content (AvgIpc) is 3.11. The quantitative estimate of drug-likeness (QED) is 0.800. The van der Waals surface area contributed by atoms with Crippen LogP contribution in [-0.2, 0) is 14.3 Å². The summed E-state index contributed by atoms with van der Waals surface area (Å²) in [5.74, 6) is 1.88. The first-order chi connectivity index (χ1) is 14.0. The van der Waals surface area contributed by atoms with Crippen LogP contribution in [0, 0.1) is 23.2 Å². The van der Waals surface area contributed by atoms with Gasteiger partial charge < -0.3 is 15.4 Å². The molecular formula is C22H27N3O4. The fourth-order valence-electron chi connectivity index (χ4n) is 6.32. The number of ether oxygens (including phenoxy) is 1. The Bertz CT molecular complexity index is 817. The van der Waals surface area contributed by atoms with E-state index in [2.05, 4.69) is 10.6 Å². The van der Waals surface area contributed by atoms with Crippen molar-refractivity contribution in [1.82, 2.24) is 5.32 Å². The van der Waals surface area contributed by atoms with Crippen LogP contribution < -0.4 is 15.5 Å². The van der Waals surface area contributed by atoms with Gasteiger partial charge in [0.25, 0.3) is 0 Å². The Labute approximate surface area is 170 Å². The van der Waals surface area contributed by atoms with E-state index in [9.17, 15) is 14.4 Å².